The van der Waals surface area contributed by atoms with Gasteiger partial charge in [-0.25, -0.2) is 19.4 Å². The number of thiophene rings is 1. The molecule has 86 heavy (non-hydrogen) atoms. The molecular formula is C72H53N5O8S. The van der Waals surface area contributed by atoms with Gasteiger partial charge in [0.15, 0.2) is 0 Å². The van der Waals surface area contributed by atoms with Crippen molar-refractivity contribution in [2.45, 2.75) is 39.0 Å². The van der Waals surface area contributed by atoms with E-state index >= 15 is 0 Å². The maximum atomic E-state index is 11.6. The molecule has 420 valence electrons. The molecule has 0 saturated carbocycles. The van der Waals surface area contributed by atoms with E-state index in [-0.39, 0.29) is 0 Å². The lowest BCUT2D eigenvalue weighted by atomic mass is 9.94. The summed E-state index contributed by atoms with van der Waals surface area (Å²) in [5, 5.41) is 40.1. The molecular weight excluding hydrogens is 1090 g/mol. The SMILES string of the molecule is [C-]#[N+]C(=Cc1ccc(C(=Cc2ccc(N(c3ccc(C=C(c4ccc(C=C([N+]#[C-])C(=O)O)cc4)c4ccc(C=C([N+]#[C-])C(=O)O)cc4)cc3)c3ccc(-c4sccc4CCCCCC)cc3)cc2)c2ccc(C=C([N+]#[C-])C(=O)O)cc2)cc1)C(=O)O. The summed E-state index contributed by atoms with van der Waals surface area (Å²) in [6, 6.07) is 55.4. The van der Waals surface area contributed by atoms with Crippen LogP contribution in [-0.2, 0) is 25.6 Å². The first-order valence-electron chi connectivity index (χ1n) is 27.0. The van der Waals surface area contributed by atoms with Crippen LogP contribution in [0, 0.1) is 26.3 Å². The fraction of sp³-hybridized carbons (Fsp3) is 0.0833. The third kappa shape index (κ3) is 15.4. The van der Waals surface area contributed by atoms with E-state index < -0.39 is 46.7 Å². The van der Waals surface area contributed by atoms with Gasteiger partial charge in [-0.2, -0.15) is 0 Å². The number of aliphatic carboxylic acids is 4. The summed E-state index contributed by atoms with van der Waals surface area (Å²) >= 11 is 1.74. The second-order valence-corrected chi connectivity index (χ2v) is 20.5. The van der Waals surface area contributed by atoms with Crippen LogP contribution in [0.4, 0.5) is 17.1 Å². The number of nitrogens with zero attached hydrogens (tertiary/aromatic N) is 5. The number of rotatable bonds is 23. The Morgan fingerprint density at radius 2 is 0.686 bits per heavy atom. The van der Waals surface area contributed by atoms with Crippen LogP contribution < -0.4 is 4.90 Å². The second-order valence-electron chi connectivity index (χ2n) is 19.5. The van der Waals surface area contributed by atoms with Crippen molar-refractivity contribution < 1.29 is 39.6 Å². The number of anilines is 3. The fourth-order valence-corrected chi connectivity index (χ4v) is 10.4. The van der Waals surface area contributed by atoms with Crippen molar-refractivity contribution in [3.05, 3.63) is 311 Å². The number of aryl methyl sites for hydroxylation is 1. The molecule has 0 radical (unpaired) electrons. The van der Waals surface area contributed by atoms with Crippen molar-refractivity contribution in [1.82, 2.24) is 0 Å². The molecule has 0 aliphatic rings. The van der Waals surface area contributed by atoms with Gasteiger partial charge in [0, 0.05) is 21.9 Å². The van der Waals surface area contributed by atoms with Crippen molar-refractivity contribution in [2.24, 2.45) is 0 Å². The standard InChI is InChI=1S/C72H53N5O8S/c1-6-7-8-9-10-57-39-40-86-68(57)58-31-37-61(38-32-58)77(59-33-19-47(20-34-59)41-62(53-23-11-49(12-24-53)43-64(73-2)69(78)79)54-25-13-50(14-26-54)44-65(74-3)70(80)81)60-35-21-48(22-36-60)42-63(55-27-15-51(16-28-55)45-66(75-4)71(82)83)56-29-17-52(18-30-56)46-67(76-5)72(84)85/h11-46H,6-10H2,1H3,(H,78,79)(H,80,81)(H,82,83)(H,84,85). The summed E-state index contributed by atoms with van der Waals surface area (Å²) in [5.74, 6) is -5.32. The Hall–Kier alpha value is -11.7. The van der Waals surface area contributed by atoms with Gasteiger partial charge in [-0.1, -0.05) is 160 Å². The zero-order valence-corrected chi connectivity index (χ0v) is 47.2. The molecule has 13 nitrogen and oxygen atoms in total. The summed E-state index contributed by atoms with van der Waals surface area (Å²) in [5.41, 5.74) is 11.8. The lowest BCUT2D eigenvalue weighted by Gasteiger charge is -2.26. The summed E-state index contributed by atoms with van der Waals surface area (Å²) in [6.45, 7) is 31.5. The predicted octanol–water partition coefficient (Wildman–Crippen LogP) is 17.6. The van der Waals surface area contributed by atoms with E-state index in [1.807, 2.05) is 109 Å². The molecule has 1 heterocycles. The number of hydrogen-bond donors (Lipinski definition) is 4. The molecule has 14 heteroatoms. The molecule has 1 aromatic heterocycles. The average Bonchev–Trinajstić information content (AvgIpc) is 2.82. The van der Waals surface area contributed by atoms with Crippen LogP contribution in [0.5, 0.6) is 0 Å². The maximum Gasteiger partial charge on any atom is 0.333 e. The van der Waals surface area contributed by atoms with Gasteiger partial charge in [0.1, 0.15) is 0 Å². The normalized spacial score (nSPS) is 11.5. The van der Waals surface area contributed by atoms with Crippen LogP contribution in [0.25, 0.3) is 77.4 Å². The molecule has 0 spiro atoms. The molecule has 0 bridgehead atoms. The van der Waals surface area contributed by atoms with Gasteiger partial charge < -0.3 is 25.3 Å². The highest BCUT2D eigenvalue weighted by Crippen LogP contribution is 2.39. The van der Waals surface area contributed by atoms with Crippen LogP contribution in [0.3, 0.4) is 0 Å². The average molecular weight is 1150 g/mol. The number of unbranched alkanes of at least 4 members (excludes halogenated alkanes) is 3. The lowest BCUT2D eigenvalue weighted by Crippen LogP contribution is -2.09. The third-order valence-corrected chi connectivity index (χ3v) is 14.8. The van der Waals surface area contributed by atoms with E-state index in [0.717, 1.165) is 80.0 Å². The topological polar surface area (TPSA) is 170 Å². The maximum absolute atomic E-state index is 11.6. The zero-order valence-electron chi connectivity index (χ0n) is 46.4. The number of benzene rings is 7. The van der Waals surface area contributed by atoms with Crippen LogP contribution in [0.15, 0.2) is 204 Å². The molecule has 4 N–H and O–H groups in total. The van der Waals surface area contributed by atoms with Gasteiger partial charge in [-0.15, -0.1) is 11.3 Å². The Bertz CT molecular complexity index is 3800. The second kappa shape index (κ2) is 28.8. The van der Waals surface area contributed by atoms with Gasteiger partial charge in [-0.3, -0.25) is 19.2 Å². The lowest BCUT2D eigenvalue weighted by molar-refractivity contribution is -0.133. The van der Waals surface area contributed by atoms with Crippen molar-refractivity contribution in [3.8, 4) is 10.4 Å². The van der Waals surface area contributed by atoms with Crippen LogP contribution in [0.2, 0.25) is 0 Å². The van der Waals surface area contributed by atoms with E-state index in [0.29, 0.717) is 22.3 Å². The van der Waals surface area contributed by atoms with Gasteiger partial charge in [0.2, 0.25) is 0 Å². The Kier molecular flexibility index (Phi) is 20.3. The van der Waals surface area contributed by atoms with E-state index in [4.69, 9.17) is 26.3 Å². The monoisotopic (exact) mass is 1150 g/mol. The largest absolute Gasteiger partial charge is 0.486 e. The molecule has 8 rings (SSSR count). The van der Waals surface area contributed by atoms with Crippen molar-refractivity contribution in [1.29, 1.82) is 0 Å². The minimum atomic E-state index is -1.33. The smallest absolute Gasteiger partial charge is 0.333 e. The van der Waals surface area contributed by atoms with Gasteiger partial charge in [0.05, 0.1) is 26.3 Å². The highest BCUT2D eigenvalue weighted by molar-refractivity contribution is 7.13. The summed E-state index contributed by atoms with van der Waals surface area (Å²) in [6.07, 6.45) is 14.9. The Labute approximate surface area is 502 Å². The van der Waals surface area contributed by atoms with Crippen LogP contribution in [0.1, 0.15) is 93.8 Å². The number of hydrogen-bond acceptors (Lipinski definition) is 6. The summed E-state index contributed by atoms with van der Waals surface area (Å²) in [7, 11) is 0. The van der Waals surface area contributed by atoms with E-state index in [1.165, 1.54) is 54.0 Å². The van der Waals surface area contributed by atoms with E-state index in [1.54, 1.807) is 59.9 Å². The molecule has 0 aliphatic carbocycles. The quantitative estimate of drug-likeness (QED) is 0.0211. The first-order chi connectivity index (χ1) is 41.7. The van der Waals surface area contributed by atoms with Crippen molar-refractivity contribution in [3.63, 3.8) is 0 Å². The number of carboxylic acids is 4. The molecule has 0 fully saturated rings. The van der Waals surface area contributed by atoms with E-state index in [2.05, 4.69) is 66.9 Å². The summed E-state index contributed by atoms with van der Waals surface area (Å²) < 4.78 is 0. The molecule has 0 aliphatic heterocycles. The third-order valence-electron chi connectivity index (χ3n) is 13.8. The highest BCUT2D eigenvalue weighted by atomic mass is 32.1. The van der Waals surface area contributed by atoms with Crippen molar-refractivity contribution >= 4 is 99.9 Å². The predicted molar refractivity (Wildman–Crippen MR) is 341 cm³/mol. The van der Waals surface area contributed by atoms with Gasteiger partial charge in [0.25, 0.3) is 22.8 Å². The minimum Gasteiger partial charge on any atom is -0.486 e. The molecule has 0 saturated heterocycles. The summed E-state index contributed by atoms with van der Waals surface area (Å²) in [4.78, 5) is 62.5. The molecule has 0 atom stereocenters. The Balaban J connectivity index is 1.21. The van der Waals surface area contributed by atoms with Crippen molar-refractivity contribution in [2.75, 3.05) is 4.90 Å². The molecule has 0 unspecified atom stereocenters. The van der Waals surface area contributed by atoms with Crippen LogP contribution >= 0.6 is 11.3 Å². The van der Waals surface area contributed by atoms with Gasteiger partial charge in [-0.05, 0) is 175 Å². The van der Waals surface area contributed by atoms with Crippen LogP contribution in [-0.4, -0.2) is 44.3 Å². The number of carboxylic acid groups (broad SMARTS) is 4. The van der Waals surface area contributed by atoms with E-state index in [9.17, 15) is 39.6 Å². The fourth-order valence-electron chi connectivity index (χ4n) is 9.41. The zero-order chi connectivity index (χ0) is 61.1. The Morgan fingerprint density at radius 1 is 0.395 bits per heavy atom. The molecule has 7 aromatic carbocycles. The first-order valence-corrected chi connectivity index (χ1v) is 27.9. The molecule has 8 aromatic rings. The number of carbonyl (C=O) groups is 4. The molecule has 0 amide bonds. The minimum absolute atomic E-state index is 0.424. The first kappa shape index (κ1) is 60.4. The Morgan fingerprint density at radius 3 is 0.977 bits per heavy atom. The highest BCUT2D eigenvalue weighted by Gasteiger charge is 2.17. The van der Waals surface area contributed by atoms with Gasteiger partial charge >= 0.3 is 23.9 Å².